The molecule has 0 saturated carbocycles. The number of aryl methyl sites for hydroxylation is 1. The van der Waals surface area contributed by atoms with Crippen LogP contribution in [0.5, 0.6) is 0 Å². The zero-order chi connectivity index (χ0) is 15.4. The van der Waals surface area contributed by atoms with Gasteiger partial charge in [0.15, 0.2) is 0 Å². The molecule has 118 valence electrons. The van der Waals surface area contributed by atoms with Gasteiger partial charge in [0.25, 0.3) is 0 Å². The Bertz CT molecular complexity index is 466. The number of thiazole rings is 1. The Morgan fingerprint density at radius 1 is 1.38 bits per heavy atom. The second-order valence-corrected chi connectivity index (χ2v) is 6.78. The molecule has 1 fully saturated rings. The lowest BCUT2D eigenvalue weighted by Gasteiger charge is -2.36. The van der Waals surface area contributed by atoms with Gasteiger partial charge in [0.1, 0.15) is 0 Å². The zero-order valence-electron chi connectivity index (χ0n) is 13.2. The van der Waals surface area contributed by atoms with E-state index in [0.29, 0.717) is 0 Å². The third kappa shape index (κ3) is 4.25. The summed E-state index contributed by atoms with van der Waals surface area (Å²) >= 11 is 1.73. The van der Waals surface area contributed by atoms with Gasteiger partial charge in [-0.25, -0.2) is 4.98 Å². The highest BCUT2D eigenvalue weighted by Crippen LogP contribution is 2.15. The third-order valence-electron chi connectivity index (χ3n) is 4.15. The molecule has 2 N–H and O–H groups in total. The minimum absolute atomic E-state index is 0.0852. The van der Waals surface area contributed by atoms with Gasteiger partial charge in [-0.1, -0.05) is 13.8 Å². The fourth-order valence-electron chi connectivity index (χ4n) is 2.45. The van der Waals surface area contributed by atoms with E-state index in [4.69, 9.17) is 5.73 Å². The minimum atomic E-state index is -0.0952. The summed E-state index contributed by atoms with van der Waals surface area (Å²) in [6.07, 6.45) is 1.00. The Morgan fingerprint density at radius 3 is 2.57 bits per heavy atom. The van der Waals surface area contributed by atoms with Crippen molar-refractivity contribution in [3.63, 3.8) is 0 Å². The molecule has 0 aromatic carbocycles. The van der Waals surface area contributed by atoms with Crippen LogP contribution < -0.4 is 5.73 Å². The first-order valence-corrected chi connectivity index (χ1v) is 8.59. The highest BCUT2D eigenvalue weighted by molar-refractivity contribution is 7.09. The number of hydrogen-bond donors (Lipinski definition) is 1. The summed E-state index contributed by atoms with van der Waals surface area (Å²) in [7, 11) is 0. The summed E-state index contributed by atoms with van der Waals surface area (Å²) in [4.78, 5) is 21.2. The van der Waals surface area contributed by atoms with E-state index < -0.39 is 0 Å². The number of piperazine rings is 1. The number of hydrogen-bond acceptors (Lipinski definition) is 5. The van der Waals surface area contributed by atoms with Gasteiger partial charge in [0, 0.05) is 44.1 Å². The van der Waals surface area contributed by atoms with Gasteiger partial charge in [0.05, 0.1) is 16.6 Å². The van der Waals surface area contributed by atoms with Gasteiger partial charge >= 0.3 is 0 Å². The Morgan fingerprint density at radius 2 is 2.05 bits per heavy atom. The van der Waals surface area contributed by atoms with Crippen LogP contribution in [0.3, 0.4) is 0 Å². The SMILES string of the molecule is CCc1nc(CN2CCN(C(=O)C(C)C(C)N)CC2)cs1. The molecule has 0 radical (unpaired) electrons. The van der Waals surface area contributed by atoms with Gasteiger partial charge in [-0.2, -0.15) is 0 Å². The minimum Gasteiger partial charge on any atom is -0.340 e. The molecule has 5 nitrogen and oxygen atoms in total. The van der Waals surface area contributed by atoms with Crippen molar-refractivity contribution in [2.45, 2.75) is 39.8 Å². The fraction of sp³-hybridized carbons (Fsp3) is 0.733. The topological polar surface area (TPSA) is 62.5 Å². The van der Waals surface area contributed by atoms with Crippen LogP contribution in [0.1, 0.15) is 31.5 Å². The summed E-state index contributed by atoms with van der Waals surface area (Å²) < 4.78 is 0. The van der Waals surface area contributed by atoms with E-state index in [9.17, 15) is 4.79 Å². The quantitative estimate of drug-likeness (QED) is 0.891. The van der Waals surface area contributed by atoms with Gasteiger partial charge in [-0.15, -0.1) is 11.3 Å². The van der Waals surface area contributed by atoms with Crippen LogP contribution in [-0.2, 0) is 17.8 Å². The summed E-state index contributed by atoms with van der Waals surface area (Å²) in [5, 5.41) is 3.35. The average Bonchev–Trinajstić information content (AvgIpc) is 2.94. The molecule has 0 bridgehead atoms. The molecule has 1 aliphatic heterocycles. The van der Waals surface area contributed by atoms with E-state index in [0.717, 1.165) is 44.8 Å². The van der Waals surface area contributed by atoms with Crippen molar-refractivity contribution in [2.24, 2.45) is 11.7 Å². The van der Waals surface area contributed by atoms with Crippen molar-refractivity contribution >= 4 is 17.2 Å². The van der Waals surface area contributed by atoms with Crippen LogP contribution in [0.25, 0.3) is 0 Å². The van der Waals surface area contributed by atoms with Gasteiger partial charge in [-0.3, -0.25) is 9.69 Å². The molecular weight excluding hydrogens is 284 g/mol. The lowest BCUT2D eigenvalue weighted by atomic mass is 10.0. The van der Waals surface area contributed by atoms with Crippen LogP contribution in [-0.4, -0.2) is 52.9 Å². The molecule has 21 heavy (non-hydrogen) atoms. The third-order valence-corrected chi connectivity index (χ3v) is 5.19. The maximum absolute atomic E-state index is 12.3. The van der Waals surface area contributed by atoms with Crippen molar-refractivity contribution in [3.05, 3.63) is 16.1 Å². The molecule has 0 spiro atoms. The van der Waals surface area contributed by atoms with E-state index in [1.54, 1.807) is 11.3 Å². The number of carbonyl (C=O) groups excluding carboxylic acids is 1. The van der Waals surface area contributed by atoms with Crippen molar-refractivity contribution in [3.8, 4) is 0 Å². The van der Waals surface area contributed by atoms with Crippen LogP contribution in [0.4, 0.5) is 0 Å². The number of nitrogens with two attached hydrogens (primary N) is 1. The standard InChI is InChI=1S/C15H26N4OS/c1-4-14-17-13(10-21-14)9-18-5-7-19(8-6-18)15(20)11(2)12(3)16/h10-12H,4-9,16H2,1-3H3. The van der Waals surface area contributed by atoms with Crippen molar-refractivity contribution in [1.82, 2.24) is 14.8 Å². The molecule has 0 aliphatic carbocycles. The number of carbonyl (C=O) groups is 1. The number of rotatable bonds is 5. The van der Waals surface area contributed by atoms with Crippen molar-refractivity contribution < 1.29 is 4.79 Å². The molecule has 2 rings (SSSR count). The molecular formula is C15H26N4OS. The highest BCUT2D eigenvalue weighted by atomic mass is 32.1. The summed E-state index contributed by atoms with van der Waals surface area (Å²) in [6, 6.07) is -0.0852. The van der Waals surface area contributed by atoms with E-state index in [1.165, 1.54) is 5.01 Å². The van der Waals surface area contributed by atoms with E-state index in [-0.39, 0.29) is 17.9 Å². The van der Waals surface area contributed by atoms with Crippen LogP contribution >= 0.6 is 11.3 Å². The van der Waals surface area contributed by atoms with E-state index in [1.807, 2.05) is 18.7 Å². The smallest absolute Gasteiger partial charge is 0.227 e. The number of aromatic nitrogens is 1. The Hall–Kier alpha value is -0.980. The molecule has 1 amide bonds. The van der Waals surface area contributed by atoms with Crippen molar-refractivity contribution in [2.75, 3.05) is 26.2 Å². The highest BCUT2D eigenvalue weighted by Gasteiger charge is 2.26. The summed E-state index contributed by atoms with van der Waals surface area (Å²) in [6.45, 7) is 10.2. The van der Waals surface area contributed by atoms with Crippen LogP contribution in [0.15, 0.2) is 5.38 Å². The lowest BCUT2D eigenvalue weighted by Crippen LogP contribution is -2.51. The zero-order valence-corrected chi connectivity index (χ0v) is 14.0. The second-order valence-electron chi connectivity index (χ2n) is 5.84. The maximum Gasteiger partial charge on any atom is 0.227 e. The summed E-state index contributed by atoms with van der Waals surface area (Å²) in [5.74, 6) is 0.0915. The normalized spacial score (nSPS) is 19.5. The monoisotopic (exact) mass is 310 g/mol. The molecule has 1 aliphatic rings. The second kappa shape index (κ2) is 7.33. The molecule has 2 unspecified atom stereocenters. The molecule has 1 aromatic rings. The Labute approximate surface area is 131 Å². The molecule has 2 heterocycles. The van der Waals surface area contributed by atoms with Crippen LogP contribution in [0, 0.1) is 5.92 Å². The van der Waals surface area contributed by atoms with Gasteiger partial charge < -0.3 is 10.6 Å². The number of amides is 1. The van der Waals surface area contributed by atoms with E-state index >= 15 is 0 Å². The largest absolute Gasteiger partial charge is 0.340 e. The Balaban J connectivity index is 1.81. The first-order valence-electron chi connectivity index (χ1n) is 7.71. The first kappa shape index (κ1) is 16.4. The lowest BCUT2D eigenvalue weighted by molar-refractivity contribution is -0.137. The van der Waals surface area contributed by atoms with E-state index in [2.05, 4.69) is 22.2 Å². The predicted molar refractivity (Wildman–Crippen MR) is 86.2 cm³/mol. The van der Waals surface area contributed by atoms with Crippen molar-refractivity contribution in [1.29, 1.82) is 0 Å². The molecule has 1 saturated heterocycles. The number of nitrogens with zero attached hydrogens (tertiary/aromatic N) is 3. The Kier molecular flexibility index (Phi) is 5.72. The first-order chi connectivity index (χ1) is 10.0. The van der Waals surface area contributed by atoms with Gasteiger partial charge in [0.2, 0.25) is 5.91 Å². The molecule has 2 atom stereocenters. The fourth-order valence-corrected chi connectivity index (χ4v) is 3.19. The summed E-state index contributed by atoms with van der Waals surface area (Å²) in [5.41, 5.74) is 6.98. The van der Waals surface area contributed by atoms with Gasteiger partial charge in [-0.05, 0) is 13.3 Å². The maximum atomic E-state index is 12.3. The average molecular weight is 310 g/mol. The predicted octanol–water partition coefficient (Wildman–Crippen LogP) is 1.33. The molecule has 6 heteroatoms. The van der Waals surface area contributed by atoms with Crippen LogP contribution in [0.2, 0.25) is 0 Å². The molecule has 1 aromatic heterocycles.